The Kier molecular flexibility index (Phi) is 3.32. The van der Waals surface area contributed by atoms with E-state index in [2.05, 4.69) is 5.32 Å². The van der Waals surface area contributed by atoms with E-state index in [9.17, 15) is 4.79 Å². The maximum absolute atomic E-state index is 10.5. The van der Waals surface area contributed by atoms with Gasteiger partial charge in [-0.15, -0.1) is 0 Å². The zero-order chi connectivity index (χ0) is 8.20. The zero-order valence-corrected chi connectivity index (χ0v) is 6.22. The number of nitrogens with one attached hydrogen (secondary N) is 1. The Labute approximate surface area is 59.9 Å². The first kappa shape index (κ1) is 9.39. The quantitative estimate of drug-likeness (QED) is 0.498. The van der Waals surface area contributed by atoms with Crippen LogP contribution in [0.5, 0.6) is 0 Å². The minimum absolute atomic E-state index is 0.121. The van der Waals surface area contributed by atoms with Crippen molar-refractivity contribution in [3.63, 3.8) is 0 Å². The number of carbonyl (C=O) groups is 1. The summed E-state index contributed by atoms with van der Waals surface area (Å²) < 4.78 is 0. The topological polar surface area (TPSA) is 69.6 Å². The van der Waals surface area contributed by atoms with Gasteiger partial charge in [-0.3, -0.25) is 4.79 Å². The molecule has 0 aromatic heterocycles. The highest BCUT2D eigenvalue weighted by Crippen LogP contribution is 2.07. The Balaban J connectivity index is 4.08. The van der Waals surface area contributed by atoms with Crippen LogP contribution in [-0.4, -0.2) is 35.4 Å². The van der Waals surface area contributed by atoms with E-state index in [4.69, 9.17) is 10.2 Å². The molecule has 0 fully saturated rings. The molecular formula is C6H13NO3. The van der Waals surface area contributed by atoms with Gasteiger partial charge in [0.1, 0.15) is 5.54 Å². The summed E-state index contributed by atoms with van der Waals surface area (Å²) in [6.45, 7) is 1.41. The smallest absolute Gasteiger partial charge is 0.323 e. The third-order valence-electron chi connectivity index (χ3n) is 1.64. The second-order valence-electron chi connectivity index (χ2n) is 2.36. The first-order valence-corrected chi connectivity index (χ1v) is 3.10. The fourth-order valence-corrected chi connectivity index (χ4v) is 0.562. The van der Waals surface area contributed by atoms with E-state index in [0.717, 1.165) is 0 Å². The van der Waals surface area contributed by atoms with E-state index in [1.165, 1.54) is 6.92 Å². The predicted molar refractivity (Wildman–Crippen MR) is 36.8 cm³/mol. The summed E-state index contributed by atoms with van der Waals surface area (Å²) in [5, 5.41) is 19.7. The molecule has 0 saturated heterocycles. The summed E-state index contributed by atoms with van der Waals surface area (Å²) in [5.41, 5.74) is -0.991. The average Bonchev–Trinajstić information content (AvgIpc) is 1.88. The fourth-order valence-electron chi connectivity index (χ4n) is 0.562. The van der Waals surface area contributed by atoms with Crippen molar-refractivity contribution < 1.29 is 15.0 Å². The molecule has 10 heavy (non-hydrogen) atoms. The summed E-state index contributed by atoms with van der Waals surface area (Å²) in [4.78, 5) is 10.5. The van der Waals surface area contributed by atoms with E-state index in [1.54, 1.807) is 7.05 Å². The second-order valence-corrected chi connectivity index (χ2v) is 2.36. The molecule has 60 valence electrons. The van der Waals surface area contributed by atoms with Gasteiger partial charge in [-0.25, -0.2) is 0 Å². The second kappa shape index (κ2) is 3.53. The molecule has 0 heterocycles. The minimum Gasteiger partial charge on any atom is -0.480 e. The van der Waals surface area contributed by atoms with Gasteiger partial charge in [0.25, 0.3) is 0 Å². The number of aliphatic hydroxyl groups excluding tert-OH is 1. The zero-order valence-electron chi connectivity index (χ0n) is 6.22. The normalized spacial score (nSPS) is 16.3. The molecule has 0 aliphatic carbocycles. The van der Waals surface area contributed by atoms with Gasteiger partial charge < -0.3 is 15.5 Å². The standard InChI is InChI=1S/C6H13NO3/c1-6(7-2,3-4-8)5(9)10/h7-8H,3-4H2,1-2H3,(H,9,10). The highest BCUT2D eigenvalue weighted by atomic mass is 16.4. The van der Waals surface area contributed by atoms with Gasteiger partial charge in [-0.05, 0) is 20.4 Å². The number of carboxylic acid groups (broad SMARTS) is 1. The molecule has 0 aliphatic heterocycles. The van der Waals surface area contributed by atoms with Gasteiger partial charge >= 0.3 is 5.97 Å². The number of likely N-dealkylation sites (N-methyl/N-ethyl adjacent to an activating group) is 1. The van der Waals surface area contributed by atoms with E-state index >= 15 is 0 Å². The van der Waals surface area contributed by atoms with Gasteiger partial charge in [0.15, 0.2) is 0 Å². The lowest BCUT2D eigenvalue weighted by molar-refractivity contribution is -0.144. The lowest BCUT2D eigenvalue weighted by Gasteiger charge is -2.22. The molecule has 0 amide bonds. The Bertz CT molecular complexity index is 126. The first-order chi connectivity index (χ1) is 4.56. The third-order valence-corrected chi connectivity index (χ3v) is 1.64. The van der Waals surface area contributed by atoms with Gasteiger partial charge in [-0.1, -0.05) is 0 Å². The molecule has 1 unspecified atom stereocenters. The van der Waals surface area contributed by atoms with Crippen LogP contribution >= 0.6 is 0 Å². The van der Waals surface area contributed by atoms with Crippen molar-refractivity contribution in [2.24, 2.45) is 0 Å². The van der Waals surface area contributed by atoms with Crippen molar-refractivity contribution in [3.8, 4) is 0 Å². The van der Waals surface area contributed by atoms with E-state index in [-0.39, 0.29) is 13.0 Å². The van der Waals surface area contributed by atoms with Crippen molar-refractivity contribution in [1.29, 1.82) is 0 Å². The molecule has 0 radical (unpaired) electrons. The Morgan fingerprint density at radius 1 is 1.70 bits per heavy atom. The molecule has 0 bridgehead atoms. The molecule has 4 nitrogen and oxygen atoms in total. The first-order valence-electron chi connectivity index (χ1n) is 3.10. The van der Waals surface area contributed by atoms with Crippen molar-refractivity contribution in [3.05, 3.63) is 0 Å². The summed E-state index contributed by atoms with van der Waals surface area (Å²) in [7, 11) is 1.56. The highest BCUT2D eigenvalue weighted by Gasteiger charge is 2.29. The molecule has 0 rings (SSSR count). The molecule has 0 aliphatic rings. The van der Waals surface area contributed by atoms with Gasteiger partial charge in [0.05, 0.1) is 0 Å². The van der Waals surface area contributed by atoms with Crippen LogP contribution in [0.2, 0.25) is 0 Å². The van der Waals surface area contributed by atoms with Crippen LogP contribution in [0.25, 0.3) is 0 Å². The van der Waals surface area contributed by atoms with Crippen LogP contribution in [-0.2, 0) is 4.79 Å². The average molecular weight is 147 g/mol. The lowest BCUT2D eigenvalue weighted by Crippen LogP contribution is -2.48. The molecule has 0 saturated carbocycles. The molecule has 3 N–H and O–H groups in total. The van der Waals surface area contributed by atoms with Gasteiger partial charge in [-0.2, -0.15) is 0 Å². The molecule has 4 heteroatoms. The van der Waals surface area contributed by atoms with Crippen molar-refractivity contribution in [1.82, 2.24) is 5.32 Å². The molecule has 0 spiro atoms. The molecule has 0 aromatic rings. The van der Waals surface area contributed by atoms with Crippen LogP contribution < -0.4 is 5.32 Å². The molecule has 1 atom stereocenters. The SMILES string of the molecule is CNC(C)(CCO)C(=O)O. The van der Waals surface area contributed by atoms with E-state index in [0.29, 0.717) is 0 Å². The number of rotatable bonds is 4. The number of aliphatic hydroxyl groups is 1. The maximum Gasteiger partial charge on any atom is 0.323 e. The number of carboxylic acids is 1. The number of aliphatic carboxylic acids is 1. The van der Waals surface area contributed by atoms with Gasteiger partial charge in [0, 0.05) is 6.61 Å². The van der Waals surface area contributed by atoms with Crippen LogP contribution in [0.1, 0.15) is 13.3 Å². The lowest BCUT2D eigenvalue weighted by atomic mass is 9.99. The maximum atomic E-state index is 10.5. The van der Waals surface area contributed by atoms with Crippen molar-refractivity contribution >= 4 is 5.97 Å². The van der Waals surface area contributed by atoms with Crippen LogP contribution in [0.15, 0.2) is 0 Å². The Morgan fingerprint density at radius 3 is 2.30 bits per heavy atom. The third kappa shape index (κ3) is 1.97. The number of hydrogen-bond donors (Lipinski definition) is 3. The van der Waals surface area contributed by atoms with Crippen molar-refractivity contribution in [2.75, 3.05) is 13.7 Å². The fraction of sp³-hybridized carbons (Fsp3) is 0.833. The predicted octanol–water partition coefficient (Wildman–Crippen LogP) is -0.569. The van der Waals surface area contributed by atoms with Crippen LogP contribution in [0.3, 0.4) is 0 Å². The highest BCUT2D eigenvalue weighted by molar-refractivity contribution is 5.78. The van der Waals surface area contributed by atoms with E-state index in [1.807, 2.05) is 0 Å². The Morgan fingerprint density at radius 2 is 2.20 bits per heavy atom. The minimum atomic E-state index is -0.991. The van der Waals surface area contributed by atoms with Crippen molar-refractivity contribution in [2.45, 2.75) is 18.9 Å². The Hall–Kier alpha value is -0.610. The van der Waals surface area contributed by atoms with Crippen LogP contribution in [0, 0.1) is 0 Å². The largest absolute Gasteiger partial charge is 0.480 e. The van der Waals surface area contributed by atoms with E-state index < -0.39 is 11.5 Å². The molecular weight excluding hydrogens is 134 g/mol. The summed E-state index contributed by atoms with van der Waals surface area (Å²) in [6, 6.07) is 0. The summed E-state index contributed by atoms with van der Waals surface area (Å²) >= 11 is 0. The molecule has 0 aromatic carbocycles. The van der Waals surface area contributed by atoms with Crippen LogP contribution in [0.4, 0.5) is 0 Å². The monoisotopic (exact) mass is 147 g/mol. The van der Waals surface area contributed by atoms with Gasteiger partial charge in [0.2, 0.25) is 0 Å². The summed E-state index contributed by atoms with van der Waals surface area (Å²) in [5.74, 6) is -0.941. The number of hydrogen-bond acceptors (Lipinski definition) is 3. The summed E-state index contributed by atoms with van der Waals surface area (Å²) in [6.07, 6.45) is 0.221.